The number of hydrogen-bond acceptors (Lipinski definition) is 4. The Hall–Kier alpha value is -1.73. The highest BCUT2D eigenvalue weighted by Crippen LogP contribution is 2.16. The third kappa shape index (κ3) is 5.19. The monoisotopic (exact) mass is 291 g/mol. The Balaban J connectivity index is 0.00000324. The van der Waals surface area contributed by atoms with Crippen LogP contribution in [-0.2, 0) is 0 Å². The van der Waals surface area contributed by atoms with Gasteiger partial charge in [-0.05, 0) is 12.6 Å². The van der Waals surface area contributed by atoms with Crippen LogP contribution in [0.5, 0.6) is 0 Å². The van der Waals surface area contributed by atoms with Gasteiger partial charge in [-0.2, -0.15) is 0 Å². The minimum Gasteiger partial charge on any atom is -0.351 e. The molecule has 0 saturated heterocycles. The van der Waals surface area contributed by atoms with Gasteiger partial charge in [-0.25, -0.2) is 4.39 Å². The molecular formula is C11H15ClFN3O3. The van der Waals surface area contributed by atoms with Crippen molar-refractivity contribution in [2.45, 2.75) is 6.92 Å². The molecule has 1 aromatic rings. The standard InChI is InChI=1S/C11H14FN3O3.ClH/c1-2-13-5-6-14-11(16)9-4-3-8(15(17)18)7-10(9)12;/h3-4,7,13H,2,5-6H2,1H3,(H,14,16);1H. The lowest BCUT2D eigenvalue weighted by Gasteiger charge is -2.06. The first kappa shape index (κ1) is 17.3. The zero-order chi connectivity index (χ0) is 13.5. The fourth-order valence-corrected chi connectivity index (χ4v) is 1.34. The van der Waals surface area contributed by atoms with Crippen molar-refractivity contribution in [1.82, 2.24) is 10.6 Å². The topological polar surface area (TPSA) is 84.3 Å². The van der Waals surface area contributed by atoms with Gasteiger partial charge in [0.15, 0.2) is 0 Å². The quantitative estimate of drug-likeness (QED) is 0.472. The van der Waals surface area contributed by atoms with Crippen molar-refractivity contribution in [3.05, 3.63) is 39.7 Å². The highest BCUT2D eigenvalue weighted by atomic mass is 35.5. The Morgan fingerprint density at radius 1 is 1.42 bits per heavy atom. The first-order valence-corrected chi connectivity index (χ1v) is 5.49. The smallest absolute Gasteiger partial charge is 0.272 e. The van der Waals surface area contributed by atoms with Crippen LogP contribution < -0.4 is 10.6 Å². The molecule has 6 nitrogen and oxygen atoms in total. The maximum Gasteiger partial charge on any atom is 0.272 e. The summed E-state index contributed by atoms with van der Waals surface area (Å²) in [6.45, 7) is 3.65. The number of benzene rings is 1. The number of carbonyl (C=O) groups excluding carboxylic acids is 1. The molecule has 1 rings (SSSR count). The van der Waals surface area contributed by atoms with Gasteiger partial charge < -0.3 is 10.6 Å². The summed E-state index contributed by atoms with van der Waals surface area (Å²) in [4.78, 5) is 21.3. The summed E-state index contributed by atoms with van der Waals surface area (Å²) in [5, 5.41) is 15.9. The molecule has 0 unspecified atom stereocenters. The van der Waals surface area contributed by atoms with Crippen molar-refractivity contribution in [3.63, 3.8) is 0 Å². The van der Waals surface area contributed by atoms with E-state index in [1.807, 2.05) is 6.92 Å². The van der Waals surface area contributed by atoms with Gasteiger partial charge >= 0.3 is 0 Å². The molecule has 0 heterocycles. The van der Waals surface area contributed by atoms with Gasteiger partial charge in [-0.1, -0.05) is 6.92 Å². The van der Waals surface area contributed by atoms with E-state index in [1.165, 1.54) is 0 Å². The zero-order valence-corrected chi connectivity index (χ0v) is 11.1. The number of carbonyl (C=O) groups is 1. The Morgan fingerprint density at radius 3 is 2.63 bits per heavy atom. The van der Waals surface area contributed by atoms with Crippen LogP contribution in [0.4, 0.5) is 10.1 Å². The van der Waals surface area contributed by atoms with Gasteiger partial charge in [-0.3, -0.25) is 14.9 Å². The maximum absolute atomic E-state index is 13.5. The van der Waals surface area contributed by atoms with E-state index in [9.17, 15) is 19.3 Å². The SMILES string of the molecule is CCNCCNC(=O)c1ccc([N+](=O)[O-])cc1F.Cl. The van der Waals surface area contributed by atoms with E-state index in [2.05, 4.69) is 10.6 Å². The summed E-state index contributed by atoms with van der Waals surface area (Å²) in [5.41, 5.74) is -0.575. The van der Waals surface area contributed by atoms with E-state index < -0.39 is 16.6 Å². The average molecular weight is 292 g/mol. The van der Waals surface area contributed by atoms with E-state index in [1.54, 1.807) is 0 Å². The van der Waals surface area contributed by atoms with Crippen molar-refractivity contribution in [2.75, 3.05) is 19.6 Å². The van der Waals surface area contributed by atoms with Crippen molar-refractivity contribution < 1.29 is 14.1 Å². The second kappa shape index (κ2) is 8.39. The Morgan fingerprint density at radius 2 is 2.11 bits per heavy atom. The summed E-state index contributed by atoms with van der Waals surface area (Å²) in [6, 6.07) is 2.94. The second-order valence-corrected chi connectivity index (χ2v) is 3.53. The maximum atomic E-state index is 13.5. The summed E-state index contributed by atoms with van der Waals surface area (Å²) in [7, 11) is 0. The number of likely N-dealkylation sites (N-methyl/N-ethyl adjacent to an activating group) is 1. The van der Waals surface area contributed by atoms with E-state index in [0.29, 0.717) is 13.1 Å². The summed E-state index contributed by atoms with van der Waals surface area (Å²) in [5.74, 6) is -1.48. The van der Waals surface area contributed by atoms with Gasteiger partial charge in [0.1, 0.15) is 5.82 Å². The van der Waals surface area contributed by atoms with Crippen LogP contribution in [0.25, 0.3) is 0 Å². The number of nitro benzene ring substituents is 1. The second-order valence-electron chi connectivity index (χ2n) is 3.53. The zero-order valence-electron chi connectivity index (χ0n) is 10.3. The van der Waals surface area contributed by atoms with Gasteiger partial charge in [-0.15, -0.1) is 12.4 Å². The molecule has 0 bridgehead atoms. The normalized spacial score (nSPS) is 9.58. The number of hydrogen-bond donors (Lipinski definition) is 2. The molecular weight excluding hydrogens is 277 g/mol. The third-order valence-corrected chi connectivity index (χ3v) is 2.25. The number of amides is 1. The third-order valence-electron chi connectivity index (χ3n) is 2.25. The lowest BCUT2D eigenvalue weighted by Crippen LogP contribution is -2.32. The van der Waals surface area contributed by atoms with Crippen LogP contribution in [0.1, 0.15) is 17.3 Å². The van der Waals surface area contributed by atoms with E-state index in [4.69, 9.17) is 0 Å². The Bertz CT molecular complexity index is 457. The number of nitrogens with one attached hydrogen (secondary N) is 2. The van der Waals surface area contributed by atoms with Crippen LogP contribution in [-0.4, -0.2) is 30.5 Å². The molecule has 0 aromatic heterocycles. The molecule has 0 fully saturated rings. The largest absolute Gasteiger partial charge is 0.351 e. The van der Waals surface area contributed by atoms with Gasteiger partial charge in [0, 0.05) is 19.2 Å². The fraction of sp³-hybridized carbons (Fsp3) is 0.364. The molecule has 0 aliphatic heterocycles. The van der Waals surface area contributed by atoms with Crippen LogP contribution >= 0.6 is 12.4 Å². The molecule has 19 heavy (non-hydrogen) atoms. The van der Waals surface area contributed by atoms with Gasteiger partial charge in [0.25, 0.3) is 11.6 Å². The fourth-order valence-electron chi connectivity index (χ4n) is 1.34. The van der Waals surface area contributed by atoms with Gasteiger partial charge in [0.2, 0.25) is 0 Å². The predicted octanol–water partition coefficient (Wildman–Crippen LogP) is 1.49. The summed E-state index contributed by atoms with van der Waals surface area (Å²) >= 11 is 0. The summed E-state index contributed by atoms with van der Waals surface area (Å²) in [6.07, 6.45) is 0. The predicted molar refractivity (Wildman–Crippen MR) is 71.2 cm³/mol. The molecule has 2 N–H and O–H groups in total. The molecule has 0 aliphatic carbocycles. The number of halogens is 2. The van der Waals surface area contributed by atoms with E-state index >= 15 is 0 Å². The Kier molecular flexibility index (Phi) is 7.62. The van der Waals surface area contributed by atoms with Crippen LogP contribution in [0, 0.1) is 15.9 Å². The van der Waals surface area contributed by atoms with E-state index in [0.717, 1.165) is 24.7 Å². The molecule has 0 aliphatic rings. The van der Waals surface area contributed by atoms with E-state index in [-0.39, 0.29) is 23.7 Å². The minimum absolute atomic E-state index is 0. The Labute approximate surface area is 115 Å². The minimum atomic E-state index is -0.898. The van der Waals surface area contributed by atoms with Crippen molar-refractivity contribution in [3.8, 4) is 0 Å². The molecule has 1 amide bonds. The highest BCUT2D eigenvalue weighted by molar-refractivity contribution is 5.94. The molecule has 0 radical (unpaired) electrons. The average Bonchev–Trinajstić information content (AvgIpc) is 2.34. The van der Waals surface area contributed by atoms with Crippen LogP contribution in [0.15, 0.2) is 18.2 Å². The number of rotatable bonds is 6. The van der Waals surface area contributed by atoms with Crippen LogP contribution in [0.2, 0.25) is 0 Å². The number of non-ortho nitro benzene ring substituents is 1. The lowest BCUT2D eigenvalue weighted by atomic mass is 10.2. The molecule has 0 saturated carbocycles. The molecule has 8 heteroatoms. The molecule has 0 atom stereocenters. The molecule has 0 spiro atoms. The highest BCUT2D eigenvalue weighted by Gasteiger charge is 2.15. The molecule has 106 valence electrons. The first-order valence-electron chi connectivity index (χ1n) is 5.49. The number of nitro groups is 1. The van der Waals surface area contributed by atoms with Crippen molar-refractivity contribution in [2.24, 2.45) is 0 Å². The van der Waals surface area contributed by atoms with Crippen molar-refractivity contribution in [1.29, 1.82) is 0 Å². The first-order chi connectivity index (χ1) is 8.56. The van der Waals surface area contributed by atoms with Crippen molar-refractivity contribution >= 4 is 24.0 Å². The molecule has 1 aromatic carbocycles. The van der Waals surface area contributed by atoms with Gasteiger partial charge in [0.05, 0.1) is 16.6 Å². The number of nitrogens with zero attached hydrogens (tertiary/aromatic N) is 1. The van der Waals surface area contributed by atoms with Crippen LogP contribution in [0.3, 0.4) is 0 Å². The summed E-state index contributed by atoms with van der Waals surface area (Å²) < 4.78 is 13.5. The lowest BCUT2D eigenvalue weighted by molar-refractivity contribution is -0.385.